The van der Waals surface area contributed by atoms with Crippen molar-refractivity contribution < 1.29 is 10.2 Å². The number of allylic oxidation sites excluding steroid dienone is 2. The first kappa shape index (κ1) is 27.9. The first-order chi connectivity index (χ1) is 16.8. The lowest BCUT2D eigenvalue weighted by atomic mass is 9.62. The van der Waals surface area contributed by atoms with Crippen LogP contribution in [0.3, 0.4) is 0 Å². The lowest BCUT2D eigenvalue weighted by Crippen LogP contribution is -2.56. The lowest BCUT2D eigenvalue weighted by molar-refractivity contribution is -0.0633. The fraction of sp³-hybridized carbons (Fsp3) is 0.935. The summed E-state index contributed by atoms with van der Waals surface area (Å²) in [6, 6.07) is -0.0625. The smallest absolute Gasteiger partial charge is 0.108 e. The maximum atomic E-state index is 11.7. The summed E-state index contributed by atoms with van der Waals surface area (Å²) in [5.41, 5.74) is 1.60. The molecule has 35 heavy (non-hydrogen) atoms. The minimum atomic E-state index is -0.519. The molecule has 4 unspecified atom stereocenters. The summed E-state index contributed by atoms with van der Waals surface area (Å²) in [6.45, 7) is 6.70. The van der Waals surface area contributed by atoms with Crippen molar-refractivity contribution in [3.63, 3.8) is 0 Å². The van der Waals surface area contributed by atoms with Gasteiger partial charge in [0, 0.05) is 11.4 Å². The van der Waals surface area contributed by atoms with Crippen molar-refractivity contribution in [1.82, 2.24) is 5.32 Å². The number of hydrogen-bond donors (Lipinski definition) is 3. The molecule has 3 nitrogen and oxygen atoms in total. The van der Waals surface area contributed by atoms with Gasteiger partial charge < -0.3 is 10.2 Å². The van der Waals surface area contributed by atoms with Crippen LogP contribution in [-0.2, 0) is 0 Å². The van der Waals surface area contributed by atoms with E-state index in [1.54, 1.807) is 5.57 Å². The van der Waals surface area contributed by atoms with Gasteiger partial charge in [0.25, 0.3) is 0 Å². The molecule has 0 spiro atoms. The molecule has 3 N–H and O–H groups in total. The number of nitrogens with one attached hydrogen (secondary N) is 1. The van der Waals surface area contributed by atoms with Gasteiger partial charge in [0.05, 0.1) is 6.10 Å². The SMILES string of the molecule is CC(C)[C@@H](NC(O)C1CCCC(C2=CCCCC2)C1)C(O)C1(C)CCC(C2CCC(Cl)CC2)CC1. The van der Waals surface area contributed by atoms with Crippen LogP contribution in [0.2, 0.25) is 0 Å². The monoisotopic (exact) mass is 507 g/mol. The van der Waals surface area contributed by atoms with Crippen LogP contribution >= 0.6 is 11.6 Å². The van der Waals surface area contributed by atoms with E-state index in [1.807, 2.05) is 0 Å². The van der Waals surface area contributed by atoms with Gasteiger partial charge in [0.2, 0.25) is 0 Å². The van der Waals surface area contributed by atoms with Gasteiger partial charge in [-0.3, -0.25) is 5.32 Å². The van der Waals surface area contributed by atoms with Crippen LogP contribution in [0.1, 0.15) is 124 Å². The topological polar surface area (TPSA) is 52.5 Å². The van der Waals surface area contributed by atoms with Crippen LogP contribution in [0.4, 0.5) is 0 Å². The Hall–Kier alpha value is -0.0900. The largest absolute Gasteiger partial charge is 0.391 e. The van der Waals surface area contributed by atoms with Crippen molar-refractivity contribution in [2.45, 2.75) is 147 Å². The van der Waals surface area contributed by atoms with E-state index >= 15 is 0 Å². The Morgan fingerprint density at radius 2 is 1.60 bits per heavy atom. The number of rotatable bonds is 8. The molecule has 3 saturated carbocycles. The van der Waals surface area contributed by atoms with Crippen molar-refractivity contribution in [3.8, 4) is 0 Å². The normalized spacial score (nSPS) is 39.6. The minimum absolute atomic E-state index is 0.0625. The lowest BCUT2D eigenvalue weighted by Gasteiger charge is -2.47. The Kier molecular flexibility index (Phi) is 10.1. The van der Waals surface area contributed by atoms with Crippen LogP contribution in [-0.4, -0.2) is 34.0 Å². The highest BCUT2D eigenvalue weighted by atomic mass is 35.5. The molecule has 0 aliphatic heterocycles. The zero-order chi connectivity index (χ0) is 25.0. The van der Waals surface area contributed by atoms with Crippen molar-refractivity contribution in [3.05, 3.63) is 11.6 Å². The van der Waals surface area contributed by atoms with Crippen LogP contribution in [0.15, 0.2) is 11.6 Å². The van der Waals surface area contributed by atoms with Gasteiger partial charge in [-0.25, -0.2) is 0 Å². The fourth-order valence-electron chi connectivity index (χ4n) is 8.12. The van der Waals surface area contributed by atoms with E-state index in [9.17, 15) is 10.2 Å². The minimum Gasteiger partial charge on any atom is -0.391 e. The third-order valence-corrected chi connectivity index (χ3v) is 11.1. The molecule has 0 radical (unpaired) electrons. The summed E-state index contributed by atoms with van der Waals surface area (Å²) in [5.74, 6) is 2.89. The molecule has 0 aromatic rings. The first-order valence-corrected chi connectivity index (χ1v) is 15.7. The number of aliphatic hydroxyl groups excluding tert-OH is 2. The van der Waals surface area contributed by atoms with Crippen molar-refractivity contribution >= 4 is 11.6 Å². The van der Waals surface area contributed by atoms with Gasteiger partial charge in [0.1, 0.15) is 6.23 Å². The van der Waals surface area contributed by atoms with E-state index in [4.69, 9.17) is 11.6 Å². The van der Waals surface area contributed by atoms with Gasteiger partial charge in [-0.2, -0.15) is 0 Å². The molecule has 4 heteroatoms. The second-order valence-electron chi connectivity index (χ2n) is 13.5. The Morgan fingerprint density at radius 3 is 2.23 bits per heavy atom. The summed E-state index contributed by atoms with van der Waals surface area (Å²) in [7, 11) is 0. The highest BCUT2D eigenvalue weighted by Crippen LogP contribution is 2.48. The van der Waals surface area contributed by atoms with Crippen LogP contribution in [0, 0.1) is 35.0 Å². The molecule has 4 rings (SSSR count). The molecule has 0 bridgehead atoms. The molecule has 0 heterocycles. The van der Waals surface area contributed by atoms with Gasteiger partial charge in [-0.1, -0.05) is 38.8 Å². The van der Waals surface area contributed by atoms with Crippen molar-refractivity contribution in [2.24, 2.45) is 35.0 Å². The molecule has 0 saturated heterocycles. The summed E-state index contributed by atoms with van der Waals surface area (Å²) < 4.78 is 0. The standard InChI is InChI=1S/C31H54ClNO2/c1-21(2)28(33-30(35)26-11-7-10-25(20-26)22-8-5-4-6-9-22)29(34)31(3)18-16-24(17-19-31)23-12-14-27(32)15-13-23/h8,21,23-30,33-35H,4-7,9-20H2,1-3H3/t23?,24?,25?,26?,27?,28-,29?,30?,31?/m1/s1. The molecule has 5 atom stereocenters. The Bertz CT molecular complexity index is 677. The predicted molar refractivity (Wildman–Crippen MR) is 147 cm³/mol. The number of alkyl halides is 1. The van der Waals surface area contributed by atoms with Gasteiger partial charge in [0.15, 0.2) is 0 Å². The van der Waals surface area contributed by atoms with E-state index in [2.05, 4.69) is 32.2 Å². The van der Waals surface area contributed by atoms with Crippen molar-refractivity contribution in [2.75, 3.05) is 0 Å². The van der Waals surface area contributed by atoms with E-state index in [0.717, 1.165) is 37.5 Å². The van der Waals surface area contributed by atoms with Crippen LogP contribution in [0.25, 0.3) is 0 Å². The fourth-order valence-corrected chi connectivity index (χ4v) is 8.37. The number of aliphatic hydroxyl groups is 2. The van der Waals surface area contributed by atoms with Crippen LogP contribution in [0.5, 0.6) is 0 Å². The first-order valence-electron chi connectivity index (χ1n) is 15.2. The van der Waals surface area contributed by atoms with E-state index in [1.165, 1.54) is 77.0 Å². The Morgan fingerprint density at radius 1 is 0.914 bits per heavy atom. The quantitative estimate of drug-likeness (QED) is 0.180. The average molecular weight is 508 g/mol. The van der Waals surface area contributed by atoms with Crippen molar-refractivity contribution in [1.29, 1.82) is 0 Å². The van der Waals surface area contributed by atoms with Gasteiger partial charge >= 0.3 is 0 Å². The summed E-state index contributed by atoms with van der Waals surface area (Å²) in [6.07, 6.45) is 21.0. The van der Waals surface area contributed by atoms with Gasteiger partial charge in [-0.15, -0.1) is 11.6 Å². The second-order valence-corrected chi connectivity index (χ2v) is 14.1. The molecule has 0 amide bonds. The molecule has 4 aliphatic carbocycles. The Balaban J connectivity index is 1.32. The molecule has 4 aliphatic rings. The Labute approximate surface area is 220 Å². The second kappa shape index (κ2) is 12.6. The maximum Gasteiger partial charge on any atom is 0.108 e. The molecule has 0 aromatic heterocycles. The molecule has 3 fully saturated rings. The maximum absolute atomic E-state index is 11.7. The van der Waals surface area contributed by atoms with Crippen LogP contribution < -0.4 is 5.32 Å². The molecular weight excluding hydrogens is 454 g/mol. The number of hydrogen-bond acceptors (Lipinski definition) is 3. The molecule has 0 aromatic carbocycles. The zero-order valence-corrected chi connectivity index (χ0v) is 23.6. The predicted octanol–water partition coefficient (Wildman–Crippen LogP) is 7.58. The van der Waals surface area contributed by atoms with E-state index in [-0.39, 0.29) is 17.4 Å². The highest BCUT2D eigenvalue weighted by Gasteiger charge is 2.44. The summed E-state index contributed by atoms with van der Waals surface area (Å²) >= 11 is 6.35. The average Bonchev–Trinajstić information content (AvgIpc) is 2.88. The van der Waals surface area contributed by atoms with E-state index in [0.29, 0.717) is 17.2 Å². The summed E-state index contributed by atoms with van der Waals surface area (Å²) in [5, 5.41) is 27.0. The molecular formula is C31H54ClNO2. The van der Waals surface area contributed by atoms with Gasteiger partial charge in [-0.05, 0) is 131 Å². The highest BCUT2D eigenvalue weighted by molar-refractivity contribution is 6.20. The third-order valence-electron chi connectivity index (χ3n) is 10.7. The summed E-state index contributed by atoms with van der Waals surface area (Å²) in [4.78, 5) is 0. The third kappa shape index (κ3) is 7.06. The molecule has 202 valence electrons. The van der Waals surface area contributed by atoms with E-state index < -0.39 is 12.3 Å². The zero-order valence-electron chi connectivity index (χ0n) is 22.9. The number of halogens is 1.